The Morgan fingerprint density at radius 3 is 2.84 bits per heavy atom. The Balaban J connectivity index is 1.80. The SMILES string of the molecule is N#Cc1ccccc1OCCS(=O)C1CCOCC1. The van der Waals surface area contributed by atoms with Gasteiger partial charge in [-0.25, -0.2) is 0 Å². The Morgan fingerprint density at radius 1 is 1.37 bits per heavy atom. The summed E-state index contributed by atoms with van der Waals surface area (Å²) >= 11 is 0. The van der Waals surface area contributed by atoms with Crippen LogP contribution in [0.25, 0.3) is 0 Å². The molecule has 0 bridgehead atoms. The maximum atomic E-state index is 12.1. The summed E-state index contributed by atoms with van der Waals surface area (Å²) in [6, 6.07) is 9.17. The average molecular weight is 279 g/mol. The fraction of sp³-hybridized carbons (Fsp3) is 0.500. The van der Waals surface area contributed by atoms with Crippen LogP contribution < -0.4 is 4.74 Å². The van der Waals surface area contributed by atoms with E-state index in [1.54, 1.807) is 18.2 Å². The van der Waals surface area contributed by atoms with E-state index in [4.69, 9.17) is 14.7 Å². The maximum absolute atomic E-state index is 12.1. The molecule has 1 saturated heterocycles. The highest BCUT2D eigenvalue weighted by Crippen LogP contribution is 2.17. The molecule has 102 valence electrons. The summed E-state index contributed by atoms with van der Waals surface area (Å²) in [6.45, 7) is 1.78. The highest BCUT2D eigenvalue weighted by atomic mass is 32.2. The molecule has 0 aromatic heterocycles. The normalized spacial score (nSPS) is 17.6. The molecule has 0 N–H and O–H groups in total. The van der Waals surface area contributed by atoms with E-state index in [0.717, 1.165) is 12.8 Å². The van der Waals surface area contributed by atoms with Crippen molar-refractivity contribution >= 4 is 10.8 Å². The predicted octanol–water partition coefficient (Wildman–Crippen LogP) is 1.86. The lowest BCUT2D eigenvalue weighted by molar-refractivity contribution is 0.0991. The third kappa shape index (κ3) is 4.05. The monoisotopic (exact) mass is 279 g/mol. The van der Waals surface area contributed by atoms with Gasteiger partial charge in [-0.05, 0) is 25.0 Å². The van der Waals surface area contributed by atoms with Crippen molar-refractivity contribution in [1.29, 1.82) is 5.26 Å². The average Bonchev–Trinajstić information content (AvgIpc) is 2.48. The number of para-hydroxylation sites is 1. The second-order valence-electron chi connectivity index (χ2n) is 4.35. The van der Waals surface area contributed by atoms with Gasteiger partial charge in [0.15, 0.2) is 0 Å². The topological polar surface area (TPSA) is 59.3 Å². The summed E-state index contributed by atoms with van der Waals surface area (Å²) in [5, 5.41) is 9.15. The van der Waals surface area contributed by atoms with E-state index < -0.39 is 10.8 Å². The van der Waals surface area contributed by atoms with Crippen molar-refractivity contribution in [2.24, 2.45) is 0 Å². The van der Waals surface area contributed by atoms with Crippen molar-refractivity contribution in [3.05, 3.63) is 29.8 Å². The molecular weight excluding hydrogens is 262 g/mol. The number of benzene rings is 1. The van der Waals surface area contributed by atoms with Crippen LogP contribution in [0.15, 0.2) is 24.3 Å². The molecule has 5 heteroatoms. The maximum Gasteiger partial charge on any atom is 0.137 e. The van der Waals surface area contributed by atoms with Crippen LogP contribution in [0, 0.1) is 11.3 Å². The minimum absolute atomic E-state index is 0.226. The van der Waals surface area contributed by atoms with Crippen LogP contribution >= 0.6 is 0 Å². The molecule has 1 heterocycles. The van der Waals surface area contributed by atoms with Gasteiger partial charge in [-0.3, -0.25) is 4.21 Å². The minimum Gasteiger partial charge on any atom is -0.491 e. The van der Waals surface area contributed by atoms with Crippen LogP contribution in [-0.2, 0) is 15.5 Å². The van der Waals surface area contributed by atoms with Gasteiger partial charge in [0.25, 0.3) is 0 Å². The van der Waals surface area contributed by atoms with Gasteiger partial charge in [0.1, 0.15) is 11.8 Å². The van der Waals surface area contributed by atoms with E-state index >= 15 is 0 Å². The Bertz CT molecular complexity index is 478. The molecule has 1 atom stereocenters. The second kappa shape index (κ2) is 7.27. The van der Waals surface area contributed by atoms with Gasteiger partial charge in [-0.1, -0.05) is 12.1 Å². The van der Waals surface area contributed by atoms with Crippen molar-refractivity contribution < 1.29 is 13.7 Å². The zero-order chi connectivity index (χ0) is 13.5. The minimum atomic E-state index is -0.877. The molecule has 4 nitrogen and oxygen atoms in total. The van der Waals surface area contributed by atoms with E-state index in [9.17, 15) is 4.21 Å². The largest absolute Gasteiger partial charge is 0.491 e. The standard InChI is InChI=1S/C14H17NO3S/c15-11-12-3-1-2-4-14(12)18-9-10-19(16)13-5-7-17-8-6-13/h1-4,13H,5-10H2. The van der Waals surface area contributed by atoms with E-state index in [2.05, 4.69) is 6.07 Å². The summed E-state index contributed by atoms with van der Waals surface area (Å²) in [6.07, 6.45) is 1.72. The van der Waals surface area contributed by atoms with Crippen molar-refractivity contribution in [2.45, 2.75) is 18.1 Å². The summed E-state index contributed by atoms with van der Waals surface area (Å²) in [5.74, 6) is 1.07. The van der Waals surface area contributed by atoms with Gasteiger partial charge in [0.05, 0.1) is 17.9 Å². The molecule has 0 saturated carbocycles. The number of hydrogen-bond donors (Lipinski definition) is 0. The van der Waals surface area contributed by atoms with Crippen molar-refractivity contribution in [3.8, 4) is 11.8 Å². The lowest BCUT2D eigenvalue weighted by Gasteiger charge is -2.21. The first-order valence-corrected chi connectivity index (χ1v) is 7.76. The first-order valence-electron chi connectivity index (χ1n) is 6.38. The summed E-state index contributed by atoms with van der Waals surface area (Å²) < 4.78 is 22.8. The van der Waals surface area contributed by atoms with Crippen LogP contribution in [0.5, 0.6) is 5.75 Å². The van der Waals surface area contributed by atoms with Gasteiger partial charge in [0, 0.05) is 29.3 Å². The molecular formula is C14H17NO3S. The van der Waals surface area contributed by atoms with E-state index in [1.165, 1.54) is 0 Å². The summed E-state index contributed by atoms with van der Waals surface area (Å²) in [5.41, 5.74) is 0.513. The molecule has 1 aromatic carbocycles. The van der Waals surface area contributed by atoms with E-state index in [1.807, 2.05) is 6.07 Å². The van der Waals surface area contributed by atoms with Gasteiger partial charge in [-0.2, -0.15) is 5.26 Å². The Morgan fingerprint density at radius 2 is 2.11 bits per heavy atom. The van der Waals surface area contributed by atoms with Gasteiger partial charge >= 0.3 is 0 Å². The predicted molar refractivity (Wildman–Crippen MR) is 73.5 cm³/mol. The number of nitriles is 1. The molecule has 19 heavy (non-hydrogen) atoms. The summed E-state index contributed by atoms with van der Waals surface area (Å²) in [4.78, 5) is 0. The highest BCUT2D eigenvalue weighted by molar-refractivity contribution is 7.85. The molecule has 1 aliphatic heterocycles. The molecule has 1 fully saturated rings. The van der Waals surface area contributed by atoms with E-state index in [-0.39, 0.29) is 5.25 Å². The molecule has 1 aromatic rings. The fourth-order valence-corrected chi connectivity index (χ4v) is 3.32. The van der Waals surface area contributed by atoms with Crippen LogP contribution in [0.4, 0.5) is 0 Å². The van der Waals surface area contributed by atoms with Gasteiger partial charge in [-0.15, -0.1) is 0 Å². The third-order valence-electron chi connectivity index (χ3n) is 3.09. The molecule has 0 spiro atoms. The van der Waals surface area contributed by atoms with Crippen LogP contribution in [0.3, 0.4) is 0 Å². The lowest BCUT2D eigenvalue weighted by Crippen LogP contribution is -2.27. The fourth-order valence-electron chi connectivity index (χ4n) is 2.02. The van der Waals surface area contributed by atoms with Crippen molar-refractivity contribution in [1.82, 2.24) is 0 Å². The van der Waals surface area contributed by atoms with Gasteiger partial charge < -0.3 is 9.47 Å². The Hall–Kier alpha value is -1.38. The molecule has 0 aliphatic carbocycles. The zero-order valence-corrected chi connectivity index (χ0v) is 11.5. The number of nitrogens with zero attached hydrogens (tertiary/aromatic N) is 1. The second-order valence-corrected chi connectivity index (χ2v) is 6.19. The smallest absolute Gasteiger partial charge is 0.137 e. The zero-order valence-electron chi connectivity index (χ0n) is 10.7. The molecule has 0 amide bonds. The molecule has 0 radical (unpaired) electrons. The van der Waals surface area contributed by atoms with Crippen molar-refractivity contribution in [2.75, 3.05) is 25.6 Å². The number of ether oxygens (including phenoxy) is 2. The van der Waals surface area contributed by atoms with Crippen LogP contribution in [0.2, 0.25) is 0 Å². The first-order chi connectivity index (χ1) is 9.31. The highest BCUT2D eigenvalue weighted by Gasteiger charge is 2.19. The van der Waals surface area contributed by atoms with Crippen LogP contribution in [-0.4, -0.2) is 35.0 Å². The number of rotatable bonds is 5. The first kappa shape index (κ1) is 14.0. The van der Waals surface area contributed by atoms with E-state index in [0.29, 0.717) is 36.9 Å². The quantitative estimate of drug-likeness (QED) is 0.825. The molecule has 1 unspecified atom stereocenters. The van der Waals surface area contributed by atoms with Crippen LogP contribution in [0.1, 0.15) is 18.4 Å². The molecule has 1 aliphatic rings. The van der Waals surface area contributed by atoms with Crippen molar-refractivity contribution in [3.63, 3.8) is 0 Å². The number of hydrogen-bond acceptors (Lipinski definition) is 4. The lowest BCUT2D eigenvalue weighted by atomic mass is 10.2. The summed E-state index contributed by atoms with van der Waals surface area (Å²) in [7, 11) is -0.877. The Labute approximate surface area is 115 Å². The van der Waals surface area contributed by atoms with Gasteiger partial charge in [0.2, 0.25) is 0 Å². The molecule has 2 rings (SSSR count). The third-order valence-corrected chi connectivity index (χ3v) is 4.87. The Kier molecular flexibility index (Phi) is 5.37.